The van der Waals surface area contributed by atoms with Crippen molar-refractivity contribution in [3.8, 4) is 5.75 Å². The zero-order chi connectivity index (χ0) is 21.1. The second-order valence-corrected chi connectivity index (χ2v) is 8.45. The average Bonchev–Trinajstić information content (AvgIpc) is 2.67. The Morgan fingerprint density at radius 2 is 1.62 bits per heavy atom. The van der Waals surface area contributed by atoms with E-state index in [1.807, 2.05) is 24.3 Å². The third-order valence-electron chi connectivity index (χ3n) is 5.08. The molecular weight excluding hydrogens is 384 g/mol. The van der Waals surface area contributed by atoms with E-state index in [9.17, 15) is 8.42 Å². The van der Waals surface area contributed by atoms with E-state index >= 15 is 0 Å². The molecule has 2 rings (SSSR count). The molecule has 0 saturated carbocycles. The maximum absolute atomic E-state index is 11.3. The van der Waals surface area contributed by atoms with Crippen molar-refractivity contribution in [2.24, 2.45) is 0 Å². The molecule has 5 heteroatoms. The standard InChI is InChI=1S/C24H32O4S/c1-3-4-5-6-7-8-15-22(19-18-21-14-10-9-13-20(21)2)23-16-11-12-17-24(23)28-29(25,26)27/h9-14,16-19,22H,3-8,15H2,1-2H3,(H,25,26,27)/b19-18+. The van der Waals surface area contributed by atoms with Crippen LogP contribution in [0, 0.1) is 6.92 Å². The molecule has 0 aliphatic heterocycles. The summed E-state index contributed by atoms with van der Waals surface area (Å²) >= 11 is 0. The Morgan fingerprint density at radius 3 is 2.34 bits per heavy atom. The number of aryl methyl sites for hydroxylation is 1. The monoisotopic (exact) mass is 416 g/mol. The fraction of sp³-hybridized carbons (Fsp3) is 0.417. The molecule has 1 N–H and O–H groups in total. The minimum atomic E-state index is -4.57. The van der Waals surface area contributed by atoms with Crippen LogP contribution >= 0.6 is 0 Å². The third kappa shape index (κ3) is 8.42. The summed E-state index contributed by atoms with van der Waals surface area (Å²) in [6.07, 6.45) is 12.2. The van der Waals surface area contributed by atoms with Gasteiger partial charge in [-0.15, -0.1) is 0 Å². The molecule has 2 aromatic carbocycles. The zero-order valence-corrected chi connectivity index (χ0v) is 18.2. The van der Waals surface area contributed by atoms with Crippen molar-refractivity contribution in [1.82, 2.24) is 0 Å². The van der Waals surface area contributed by atoms with Crippen molar-refractivity contribution < 1.29 is 17.2 Å². The number of hydrogen-bond acceptors (Lipinski definition) is 3. The minimum absolute atomic E-state index is 0.00117. The normalized spacial score (nSPS) is 12.9. The van der Waals surface area contributed by atoms with Crippen LogP contribution in [0.1, 0.15) is 74.5 Å². The highest BCUT2D eigenvalue weighted by atomic mass is 32.3. The fourth-order valence-corrected chi connectivity index (χ4v) is 3.85. The molecule has 0 fully saturated rings. The van der Waals surface area contributed by atoms with Gasteiger partial charge in [0.25, 0.3) is 0 Å². The fourth-order valence-electron chi connectivity index (χ4n) is 3.47. The first-order chi connectivity index (χ1) is 13.9. The summed E-state index contributed by atoms with van der Waals surface area (Å²) in [7, 11) is -4.57. The summed E-state index contributed by atoms with van der Waals surface area (Å²) in [5.74, 6) is 0.180. The Balaban J connectivity index is 2.21. The van der Waals surface area contributed by atoms with Crippen molar-refractivity contribution in [2.75, 3.05) is 0 Å². The first-order valence-electron chi connectivity index (χ1n) is 10.4. The van der Waals surface area contributed by atoms with Gasteiger partial charge in [-0.3, -0.25) is 4.55 Å². The molecule has 0 amide bonds. The molecule has 0 radical (unpaired) electrons. The van der Waals surface area contributed by atoms with E-state index < -0.39 is 10.4 Å². The van der Waals surface area contributed by atoms with E-state index in [1.54, 1.807) is 12.1 Å². The van der Waals surface area contributed by atoms with Gasteiger partial charge in [-0.05, 0) is 30.5 Å². The van der Waals surface area contributed by atoms with Gasteiger partial charge in [-0.2, -0.15) is 8.42 Å². The van der Waals surface area contributed by atoms with Crippen molar-refractivity contribution in [1.29, 1.82) is 0 Å². The first-order valence-corrected chi connectivity index (χ1v) is 11.8. The van der Waals surface area contributed by atoms with Crippen molar-refractivity contribution in [3.63, 3.8) is 0 Å². The van der Waals surface area contributed by atoms with Gasteiger partial charge >= 0.3 is 10.4 Å². The van der Waals surface area contributed by atoms with Crippen LogP contribution in [0.15, 0.2) is 54.6 Å². The van der Waals surface area contributed by atoms with E-state index in [0.717, 1.165) is 30.4 Å². The van der Waals surface area contributed by atoms with E-state index in [1.165, 1.54) is 31.2 Å². The predicted molar refractivity (Wildman–Crippen MR) is 120 cm³/mol. The van der Waals surface area contributed by atoms with Gasteiger partial charge in [0, 0.05) is 11.5 Å². The third-order valence-corrected chi connectivity index (χ3v) is 5.47. The van der Waals surface area contributed by atoms with Crippen LogP contribution in [-0.4, -0.2) is 13.0 Å². The number of unbranched alkanes of at least 4 members (excludes halogenated alkanes) is 5. The van der Waals surface area contributed by atoms with E-state index in [0.29, 0.717) is 0 Å². The van der Waals surface area contributed by atoms with Gasteiger partial charge in [-0.1, -0.05) is 100 Å². The van der Waals surface area contributed by atoms with E-state index in [-0.39, 0.29) is 11.7 Å². The first kappa shape index (κ1) is 23.2. The molecule has 29 heavy (non-hydrogen) atoms. The molecule has 0 saturated heterocycles. The van der Waals surface area contributed by atoms with Crippen LogP contribution in [0.3, 0.4) is 0 Å². The largest absolute Gasteiger partial charge is 0.446 e. The lowest BCUT2D eigenvalue weighted by Gasteiger charge is -2.17. The van der Waals surface area contributed by atoms with Gasteiger partial charge in [-0.25, -0.2) is 0 Å². The van der Waals surface area contributed by atoms with Crippen LogP contribution < -0.4 is 4.18 Å². The molecule has 158 valence electrons. The Kier molecular flexibility index (Phi) is 9.42. The predicted octanol–water partition coefficient (Wildman–Crippen LogP) is 6.72. The lowest BCUT2D eigenvalue weighted by molar-refractivity contribution is 0.384. The second kappa shape index (κ2) is 11.8. The Labute approximate surface area is 175 Å². The number of allylic oxidation sites excluding steroid dienone is 1. The molecular formula is C24H32O4S. The molecule has 0 aliphatic rings. The summed E-state index contributed by atoms with van der Waals surface area (Å²) in [4.78, 5) is 0. The summed E-state index contributed by atoms with van der Waals surface area (Å²) in [5, 5.41) is 0. The molecule has 0 spiro atoms. The summed E-state index contributed by atoms with van der Waals surface area (Å²) < 4.78 is 36.5. The second-order valence-electron chi connectivity index (χ2n) is 7.43. The van der Waals surface area contributed by atoms with Gasteiger partial charge in [0.2, 0.25) is 0 Å². The maximum atomic E-state index is 11.3. The maximum Gasteiger partial charge on any atom is 0.446 e. The molecule has 0 bridgehead atoms. The molecule has 1 atom stereocenters. The number of rotatable bonds is 12. The van der Waals surface area contributed by atoms with Gasteiger partial charge in [0.1, 0.15) is 5.75 Å². The molecule has 0 aliphatic carbocycles. The highest BCUT2D eigenvalue weighted by Gasteiger charge is 2.17. The van der Waals surface area contributed by atoms with Crippen LogP contribution in [0.2, 0.25) is 0 Å². The lowest BCUT2D eigenvalue weighted by atomic mass is 9.91. The van der Waals surface area contributed by atoms with Crippen LogP contribution in [0.5, 0.6) is 5.75 Å². The molecule has 0 aromatic heterocycles. The summed E-state index contributed by atoms with van der Waals surface area (Å²) in [5.41, 5.74) is 3.08. The van der Waals surface area contributed by atoms with Crippen molar-refractivity contribution >= 4 is 16.5 Å². The van der Waals surface area contributed by atoms with Crippen LogP contribution in [0.25, 0.3) is 6.08 Å². The van der Waals surface area contributed by atoms with Crippen molar-refractivity contribution in [3.05, 3.63) is 71.3 Å². The number of hydrogen-bond donors (Lipinski definition) is 1. The zero-order valence-electron chi connectivity index (χ0n) is 17.4. The Hall–Kier alpha value is -2.11. The number of benzene rings is 2. The average molecular weight is 417 g/mol. The quantitative estimate of drug-likeness (QED) is 0.308. The minimum Gasteiger partial charge on any atom is -0.361 e. The lowest BCUT2D eigenvalue weighted by Crippen LogP contribution is -2.09. The molecule has 1 unspecified atom stereocenters. The Bertz CT molecular complexity index is 887. The SMILES string of the molecule is CCCCCCCCC(/C=C/c1ccccc1C)c1ccccc1OS(=O)(=O)O. The van der Waals surface area contributed by atoms with Crippen molar-refractivity contribution in [2.45, 2.75) is 64.7 Å². The van der Waals surface area contributed by atoms with E-state index in [2.05, 4.69) is 38.1 Å². The molecule has 4 nitrogen and oxygen atoms in total. The van der Waals surface area contributed by atoms with Gasteiger partial charge in [0.15, 0.2) is 0 Å². The van der Waals surface area contributed by atoms with Crippen LogP contribution in [-0.2, 0) is 10.4 Å². The smallest absolute Gasteiger partial charge is 0.361 e. The molecule has 2 aromatic rings. The summed E-state index contributed by atoms with van der Waals surface area (Å²) in [6.45, 7) is 4.27. The van der Waals surface area contributed by atoms with E-state index in [4.69, 9.17) is 8.74 Å². The van der Waals surface area contributed by atoms with Gasteiger partial charge in [0.05, 0.1) is 0 Å². The Morgan fingerprint density at radius 1 is 0.966 bits per heavy atom. The number of para-hydroxylation sites is 1. The van der Waals surface area contributed by atoms with Crippen LogP contribution in [0.4, 0.5) is 0 Å². The van der Waals surface area contributed by atoms with Gasteiger partial charge < -0.3 is 4.18 Å². The highest BCUT2D eigenvalue weighted by Crippen LogP contribution is 2.33. The summed E-state index contributed by atoms with van der Waals surface area (Å²) in [6, 6.07) is 15.2. The molecule has 0 heterocycles. The highest BCUT2D eigenvalue weighted by molar-refractivity contribution is 7.81. The topological polar surface area (TPSA) is 63.6 Å².